The van der Waals surface area contributed by atoms with E-state index in [9.17, 15) is 24.5 Å². The third kappa shape index (κ3) is 6.69. The first-order valence-corrected chi connectivity index (χ1v) is 16.3. The van der Waals surface area contributed by atoms with Gasteiger partial charge in [-0.05, 0) is 77.5 Å². The van der Waals surface area contributed by atoms with Crippen LogP contribution in [0.1, 0.15) is 77.5 Å². The first-order valence-electron chi connectivity index (χ1n) is 16.3. The molecule has 6 rings (SSSR count). The molecule has 4 aliphatic rings. The molecule has 1 N–H and O–H groups in total. The van der Waals surface area contributed by atoms with Gasteiger partial charge in [-0.15, -0.1) is 0 Å². The molecule has 1 aromatic carbocycles. The number of nitro benzene ring substituents is 1. The number of aromatic nitrogens is 1. The number of pyridine rings is 1. The molecule has 12 heteroatoms. The first kappa shape index (κ1) is 32.2. The molecule has 6 atom stereocenters. The normalized spacial score (nSPS) is 27.9. The molecule has 2 saturated heterocycles. The number of piperidine rings is 1. The summed E-state index contributed by atoms with van der Waals surface area (Å²) in [6.45, 7) is 10.6. The number of fused-ring (bicyclic) bond motifs is 8. The number of nitrogens with one attached hydrogen (secondary N) is 1. The molecule has 0 aliphatic carbocycles. The lowest BCUT2D eigenvalue weighted by Gasteiger charge is -2.54. The van der Waals surface area contributed by atoms with Crippen LogP contribution in [0.3, 0.4) is 0 Å². The Bertz CT molecular complexity index is 1580. The SMILES string of the molecule is CC(C)(C)OC(=O)C[C@H]1C[C@@H](CCNC(=O)[C@@H]2Cc3cc([N+](=O)[O-])ccc3N3C[C@@H]4C[C@@H](Cn5c4cccc5=O)[C@@H]23)OC(C)(C)O1. The maximum Gasteiger partial charge on any atom is 0.308 e. The van der Waals surface area contributed by atoms with Gasteiger partial charge in [0.05, 0.1) is 29.5 Å². The van der Waals surface area contributed by atoms with Crippen molar-refractivity contribution in [2.45, 2.75) is 109 Å². The van der Waals surface area contributed by atoms with E-state index in [1.165, 1.54) is 6.07 Å². The zero-order valence-corrected chi connectivity index (χ0v) is 27.2. The van der Waals surface area contributed by atoms with Crippen LogP contribution in [0.4, 0.5) is 11.4 Å². The van der Waals surface area contributed by atoms with Gasteiger partial charge in [-0.2, -0.15) is 0 Å². The topological polar surface area (TPSA) is 142 Å². The van der Waals surface area contributed by atoms with E-state index in [4.69, 9.17) is 14.2 Å². The fraction of sp³-hybridized carbons (Fsp3) is 0.618. The van der Waals surface area contributed by atoms with Gasteiger partial charge in [0.25, 0.3) is 11.2 Å². The molecule has 2 bridgehead atoms. The average Bonchev–Trinajstić information content (AvgIpc) is 2.95. The second-order valence-corrected chi connectivity index (χ2v) is 14.6. The van der Waals surface area contributed by atoms with Crippen LogP contribution in [-0.2, 0) is 36.8 Å². The summed E-state index contributed by atoms with van der Waals surface area (Å²) in [6.07, 6.45) is 1.79. The Morgan fingerprint density at radius 2 is 1.87 bits per heavy atom. The van der Waals surface area contributed by atoms with Crippen molar-refractivity contribution in [1.29, 1.82) is 0 Å². The molecule has 46 heavy (non-hydrogen) atoms. The smallest absolute Gasteiger partial charge is 0.308 e. The van der Waals surface area contributed by atoms with Crippen molar-refractivity contribution in [1.82, 2.24) is 9.88 Å². The Kier molecular flexibility index (Phi) is 8.47. The first-order chi connectivity index (χ1) is 21.7. The van der Waals surface area contributed by atoms with E-state index in [0.717, 1.165) is 23.4 Å². The van der Waals surface area contributed by atoms with Gasteiger partial charge in [-0.1, -0.05) is 6.07 Å². The van der Waals surface area contributed by atoms with E-state index >= 15 is 0 Å². The molecular weight excluding hydrogens is 592 g/mol. The van der Waals surface area contributed by atoms with Gasteiger partial charge in [0, 0.05) is 67.6 Å². The third-order valence-corrected chi connectivity index (χ3v) is 9.54. The lowest BCUT2D eigenvalue weighted by Crippen LogP contribution is -2.61. The van der Waals surface area contributed by atoms with Gasteiger partial charge in [0.15, 0.2) is 5.79 Å². The number of rotatable bonds is 7. The van der Waals surface area contributed by atoms with Crippen LogP contribution in [0, 0.1) is 22.0 Å². The number of hydrogen-bond acceptors (Lipinski definition) is 9. The second kappa shape index (κ2) is 12.1. The van der Waals surface area contributed by atoms with Crippen LogP contribution in [-0.4, -0.2) is 64.1 Å². The molecule has 1 amide bonds. The number of anilines is 1. The van der Waals surface area contributed by atoms with E-state index < -0.39 is 22.2 Å². The standard InChI is InChI=1S/C34H44N4O8/c1-33(2,3)46-30(40)17-25-16-24(44-34(4,5)45-25)11-12-35-32(41)26-15-20-14-23(38(42)43)9-10-28(20)37-18-21-13-22(31(26)37)19-36-27(21)7-6-8-29(36)39/h6-10,14,21-22,24-26,31H,11-13,15-19H2,1-5H3,(H,35,41)/t21-,22-,24+,25+,26+,31-/m0/s1. The molecule has 0 spiro atoms. The van der Waals surface area contributed by atoms with Crippen LogP contribution >= 0.6 is 0 Å². The molecule has 1 aromatic heterocycles. The number of carbonyl (C=O) groups is 2. The summed E-state index contributed by atoms with van der Waals surface area (Å²) in [7, 11) is 0. The highest BCUT2D eigenvalue weighted by molar-refractivity contribution is 5.82. The minimum Gasteiger partial charge on any atom is -0.460 e. The molecule has 2 aromatic rings. The molecule has 12 nitrogen and oxygen atoms in total. The molecule has 0 radical (unpaired) electrons. The van der Waals surface area contributed by atoms with E-state index in [1.54, 1.807) is 18.2 Å². The molecule has 4 aliphatic heterocycles. The largest absolute Gasteiger partial charge is 0.460 e. The Morgan fingerprint density at radius 1 is 1.11 bits per heavy atom. The number of carbonyl (C=O) groups excluding carboxylic acids is 2. The predicted octanol–water partition coefficient (Wildman–Crippen LogP) is 4.07. The van der Waals surface area contributed by atoms with Crippen LogP contribution in [0.25, 0.3) is 0 Å². The number of amides is 1. The number of nitro groups is 1. The highest BCUT2D eigenvalue weighted by atomic mass is 16.7. The summed E-state index contributed by atoms with van der Waals surface area (Å²) in [5.74, 6) is -1.60. The summed E-state index contributed by atoms with van der Waals surface area (Å²) in [5.41, 5.74) is 2.10. The van der Waals surface area contributed by atoms with Crippen LogP contribution in [0.5, 0.6) is 0 Å². The number of non-ortho nitro benzene ring substituents is 1. The molecule has 0 unspecified atom stereocenters. The van der Waals surface area contributed by atoms with E-state index in [-0.39, 0.29) is 59.6 Å². The monoisotopic (exact) mass is 636 g/mol. The van der Waals surface area contributed by atoms with Gasteiger partial charge in [0.1, 0.15) is 5.60 Å². The maximum atomic E-state index is 14.0. The van der Waals surface area contributed by atoms with Gasteiger partial charge in [-0.25, -0.2) is 0 Å². The zero-order chi connectivity index (χ0) is 33.0. The number of ether oxygens (including phenoxy) is 3. The Morgan fingerprint density at radius 3 is 2.61 bits per heavy atom. The summed E-state index contributed by atoms with van der Waals surface area (Å²) in [6, 6.07) is 10.2. The van der Waals surface area contributed by atoms with Gasteiger partial charge in [-0.3, -0.25) is 24.5 Å². The van der Waals surface area contributed by atoms with E-state index in [1.807, 2.05) is 51.3 Å². The fourth-order valence-corrected chi connectivity index (χ4v) is 8.03. The number of benzene rings is 1. The second-order valence-electron chi connectivity index (χ2n) is 14.6. The average molecular weight is 637 g/mol. The molecule has 248 valence electrons. The van der Waals surface area contributed by atoms with Crippen molar-refractivity contribution in [2.24, 2.45) is 11.8 Å². The minimum atomic E-state index is -0.893. The Hall–Kier alpha value is -3.77. The van der Waals surface area contributed by atoms with Crippen molar-refractivity contribution < 1.29 is 28.7 Å². The Balaban J connectivity index is 1.18. The third-order valence-electron chi connectivity index (χ3n) is 9.54. The highest BCUT2D eigenvalue weighted by Gasteiger charge is 2.49. The number of nitrogens with zero attached hydrogens (tertiary/aromatic N) is 3. The van der Waals surface area contributed by atoms with Gasteiger partial charge in [0.2, 0.25) is 5.91 Å². The van der Waals surface area contributed by atoms with Crippen LogP contribution < -0.4 is 15.8 Å². The zero-order valence-electron chi connectivity index (χ0n) is 27.2. The van der Waals surface area contributed by atoms with Crippen molar-refractivity contribution in [3.63, 3.8) is 0 Å². The van der Waals surface area contributed by atoms with Crippen molar-refractivity contribution in [3.8, 4) is 0 Å². The highest BCUT2D eigenvalue weighted by Crippen LogP contribution is 2.47. The lowest BCUT2D eigenvalue weighted by molar-refractivity contribution is -0.384. The van der Waals surface area contributed by atoms with Crippen molar-refractivity contribution >= 4 is 23.3 Å². The molecule has 2 fully saturated rings. The fourth-order valence-electron chi connectivity index (χ4n) is 8.03. The molecule has 5 heterocycles. The summed E-state index contributed by atoms with van der Waals surface area (Å²) >= 11 is 0. The van der Waals surface area contributed by atoms with Crippen molar-refractivity contribution in [2.75, 3.05) is 18.0 Å². The number of hydrogen-bond donors (Lipinski definition) is 1. The summed E-state index contributed by atoms with van der Waals surface area (Å²) in [4.78, 5) is 52.8. The van der Waals surface area contributed by atoms with Gasteiger partial charge < -0.3 is 29.0 Å². The summed E-state index contributed by atoms with van der Waals surface area (Å²) in [5, 5.41) is 14.8. The molecule has 0 saturated carbocycles. The van der Waals surface area contributed by atoms with Crippen LogP contribution in [0.15, 0.2) is 41.2 Å². The maximum absolute atomic E-state index is 14.0. The predicted molar refractivity (Wildman–Crippen MR) is 170 cm³/mol. The Labute approximate surface area is 268 Å². The summed E-state index contributed by atoms with van der Waals surface area (Å²) < 4.78 is 19.5. The van der Waals surface area contributed by atoms with E-state index in [0.29, 0.717) is 38.9 Å². The van der Waals surface area contributed by atoms with Crippen molar-refractivity contribution in [3.05, 3.63) is 68.1 Å². The van der Waals surface area contributed by atoms with Gasteiger partial charge >= 0.3 is 5.97 Å². The molecular formula is C34H44N4O8. The number of esters is 1. The quantitative estimate of drug-likeness (QED) is 0.270. The minimum absolute atomic E-state index is 0.00526. The lowest BCUT2D eigenvalue weighted by atomic mass is 9.70. The van der Waals surface area contributed by atoms with E-state index in [2.05, 4.69) is 10.2 Å². The van der Waals surface area contributed by atoms with Crippen LogP contribution in [0.2, 0.25) is 0 Å².